The van der Waals surface area contributed by atoms with Gasteiger partial charge in [-0.25, -0.2) is 4.79 Å². The van der Waals surface area contributed by atoms with Gasteiger partial charge in [0.1, 0.15) is 6.61 Å². The average molecular weight is 408 g/mol. The van der Waals surface area contributed by atoms with E-state index in [0.717, 1.165) is 31.2 Å². The van der Waals surface area contributed by atoms with Crippen molar-refractivity contribution >= 4 is 6.09 Å². The quantitative estimate of drug-likeness (QED) is 0.582. The van der Waals surface area contributed by atoms with E-state index in [2.05, 4.69) is 0 Å². The minimum absolute atomic E-state index is 0.0418. The van der Waals surface area contributed by atoms with Crippen LogP contribution in [0, 0.1) is 0 Å². The Labute approximate surface area is 173 Å². The van der Waals surface area contributed by atoms with E-state index in [1.165, 1.54) is 0 Å². The normalized spacial score (nSPS) is 19.0. The number of ether oxygens (including phenoxy) is 5. The predicted octanol–water partition coefficient (Wildman–Crippen LogP) is 3.71. The van der Waals surface area contributed by atoms with Crippen LogP contribution in [0.4, 0.5) is 4.79 Å². The van der Waals surface area contributed by atoms with Crippen molar-refractivity contribution in [3.63, 3.8) is 0 Å². The van der Waals surface area contributed by atoms with E-state index in [1.807, 2.05) is 44.2 Å². The van der Waals surface area contributed by atoms with E-state index < -0.39 is 12.1 Å². The smallest absolute Gasteiger partial charge is 0.410 e. The highest BCUT2D eigenvalue weighted by Gasteiger charge is 2.43. The lowest BCUT2D eigenvalue weighted by molar-refractivity contribution is -0.187. The third kappa shape index (κ3) is 6.15. The van der Waals surface area contributed by atoms with E-state index in [-0.39, 0.29) is 18.7 Å². The van der Waals surface area contributed by atoms with Crippen LogP contribution in [0.25, 0.3) is 0 Å². The van der Waals surface area contributed by atoms with Crippen LogP contribution in [-0.4, -0.2) is 62.1 Å². The van der Waals surface area contributed by atoms with Gasteiger partial charge < -0.3 is 28.6 Å². The molecule has 1 saturated heterocycles. The summed E-state index contributed by atoms with van der Waals surface area (Å²) in [7, 11) is 0. The van der Waals surface area contributed by atoms with Gasteiger partial charge in [0, 0.05) is 32.1 Å². The van der Waals surface area contributed by atoms with Gasteiger partial charge in [0.05, 0.1) is 19.8 Å². The van der Waals surface area contributed by atoms with Crippen molar-refractivity contribution in [3.8, 4) is 0 Å². The van der Waals surface area contributed by atoms with Gasteiger partial charge in [-0.3, -0.25) is 0 Å². The minimum atomic E-state index is -0.468. The van der Waals surface area contributed by atoms with Gasteiger partial charge in [0.25, 0.3) is 0 Å². The van der Waals surface area contributed by atoms with Crippen LogP contribution in [0.3, 0.4) is 0 Å². The molecule has 1 aromatic carbocycles. The summed E-state index contributed by atoms with van der Waals surface area (Å²) < 4.78 is 28.7. The molecule has 2 aliphatic rings. The Morgan fingerprint density at radius 1 is 1.10 bits per heavy atom. The van der Waals surface area contributed by atoms with Crippen LogP contribution in [0.1, 0.15) is 45.1 Å². The molecule has 1 amide bonds. The summed E-state index contributed by atoms with van der Waals surface area (Å²) >= 11 is 0. The van der Waals surface area contributed by atoms with Crippen molar-refractivity contribution in [3.05, 3.63) is 35.9 Å². The number of benzene rings is 1. The second kappa shape index (κ2) is 10.9. The molecule has 0 aromatic heterocycles. The highest BCUT2D eigenvalue weighted by Crippen LogP contribution is 2.37. The van der Waals surface area contributed by atoms with Crippen molar-refractivity contribution in [1.82, 2.24) is 4.90 Å². The molecular weight excluding hydrogens is 374 g/mol. The van der Waals surface area contributed by atoms with Crippen LogP contribution in [0.5, 0.6) is 0 Å². The molecule has 1 spiro atoms. The van der Waals surface area contributed by atoms with Gasteiger partial charge in [0.15, 0.2) is 12.1 Å². The molecule has 0 radical (unpaired) electrons. The maximum absolute atomic E-state index is 13.0. The van der Waals surface area contributed by atoms with E-state index in [1.54, 1.807) is 4.90 Å². The Kier molecular flexibility index (Phi) is 8.29. The second-order valence-corrected chi connectivity index (χ2v) is 7.37. The Morgan fingerprint density at radius 2 is 1.72 bits per heavy atom. The highest BCUT2D eigenvalue weighted by molar-refractivity contribution is 5.68. The number of carbonyl (C=O) groups is 1. The van der Waals surface area contributed by atoms with Crippen molar-refractivity contribution in [2.45, 2.75) is 64.3 Å². The summed E-state index contributed by atoms with van der Waals surface area (Å²) in [6.45, 7) is 6.75. The zero-order valence-electron chi connectivity index (χ0n) is 17.5. The first-order chi connectivity index (χ1) is 14.2. The highest BCUT2D eigenvalue weighted by atomic mass is 16.7. The monoisotopic (exact) mass is 407 g/mol. The first kappa shape index (κ1) is 22.0. The van der Waals surface area contributed by atoms with Crippen LogP contribution >= 0.6 is 0 Å². The lowest BCUT2D eigenvalue weighted by Gasteiger charge is -2.40. The Hall–Kier alpha value is -1.67. The first-order valence-electron chi connectivity index (χ1n) is 10.6. The van der Waals surface area contributed by atoms with Crippen molar-refractivity contribution in [1.29, 1.82) is 0 Å². The average Bonchev–Trinajstić information content (AvgIpc) is 3.20. The van der Waals surface area contributed by atoms with Gasteiger partial charge in [-0.15, -0.1) is 0 Å². The maximum atomic E-state index is 13.0. The number of rotatable bonds is 9. The van der Waals surface area contributed by atoms with E-state index in [0.29, 0.717) is 33.0 Å². The topological polar surface area (TPSA) is 66.5 Å². The van der Waals surface area contributed by atoms with Gasteiger partial charge in [0.2, 0.25) is 0 Å². The van der Waals surface area contributed by atoms with Gasteiger partial charge in [-0.05, 0) is 32.3 Å². The van der Waals surface area contributed by atoms with Crippen molar-refractivity contribution in [2.75, 3.05) is 33.0 Å². The molecule has 1 aromatic rings. The number of hydrogen-bond donors (Lipinski definition) is 0. The Bertz CT molecular complexity index is 603. The molecule has 1 saturated carbocycles. The van der Waals surface area contributed by atoms with E-state index >= 15 is 0 Å². The SMILES string of the molecule is CCOC(CN(C(=O)OCc1ccccc1)C1CCC2(CC1)OCCO2)OCC. The summed E-state index contributed by atoms with van der Waals surface area (Å²) in [4.78, 5) is 14.8. The fraction of sp³-hybridized carbons (Fsp3) is 0.682. The van der Waals surface area contributed by atoms with Gasteiger partial charge >= 0.3 is 6.09 Å². The van der Waals surface area contributed by atoms with Crippen molar-refractivity contribution < 1.29 is 28.5 Å². The summed E-state index contributed by atoms with van der Waals surface area (Å²) in [5, 5.41) is 0. The molecule has 0 bridgehead atoms. The fourth-order valence-corrected chi connectivity index (χ4v) is 4.00. The van der Waals surface area contributed by atoms with Crippen LogP contribution in [0.15, 0.2) is 30.3 Å². The molecule has 0 unspecified atom stereocenters. The van der Waals surface area contributed by atoms with Crippen LogP contribution in [-0.2, 0) is 30.3 Å². The maximum Gasteiger partial charge on any atom is 0.410 e. The Morgan fingerprint density at radius 3 is 2.31 bits per heavy atom. The number of carbonyl (C=O) groups excluding carboxylic acids is 1. The fourth-order valence-electron chi connectivity index (χ4n) is 4.00. The summed E-state index contributed by atoms with van der Waals surface area (Å²) in [5.41, 5.74) is 0.960. The molecule has 1 aliphatic carbocycles. The molecular formula is C22H33NO6. The summed E-state index contributed by atoms with van der Waals surface area (Å²) in [6, 6.07) is 9.74. The summed E-state index contributed by atoms with van der Waals surface area (Å²) in [5.74, 6) is -0.463. The zero-order valence-corrected chi connectivity index (χ0v) is 17.5. The lowest BCUT2D eigenvalue weighted by atomic mass is 9.89. The third-order valence-electron chi connectivity index (χ3n) is 5.46. The molecule has 2 fully saturated rings. The molecule has 162 valence electrons. The van der Waals surface area contributed by atoms with E-state index in [9.17, 15) is 4.79 Å². The molecule has 0 N–H and O–H groups in total. The summed E-state index contributed by atoms with van der Waals surface area (Å²) in [6.07, 6.45) is 2.33. The van der Waals surface area contributed by atoms with E-state index in [4.69, 9.17) is 23.7 Å². The third-order valence-corrected chi connectivity index (χ3v) is 5.46. The lowest BCUT2D eigenvalue weighted by Crippen LogP contribution is -2.50. The predicted molar refractivity (Wildman–Crippen MR) is 107 cm³/mol. The van der Waals surface area contributed by atoms with Gasteiger partial charge in [-0.2, -0.15) is 0 Å². The molecule has 3 rings (SSSR count). The minimum Gasteiger partial charge on any atom is -0.445 e. The standard InChI is InChI=1S/C22H33NO6/c1-3-25-20(26-4-2)16-23(21(24)27-17-18-8-6-5-7-9-18)19-10-12-22(13-11-19)28-14-15-29-22/h5-9,19-20H,3-4,10-17H2,1-2H3. The number of hydrogen-bond acceptors (Lipinski definition) is 6. The number of amides is 1. The Balaban J connectivity index is 1.64. The molecule has 7 heteroatoms. The van der Waals surface area contributed by atoms with Gasteiger partial charge in [-0.1, -0.05) is 30.3 Å². The number of nitrogens with zero attached hydrogens (tertiary/aromatic N) is 1. The van der Waals surface area contributed by atoms with Crippen LogP contribution < -0.4 is 0 Å². The molecule has 29 heavy (non-hydrogen) atoms. The zero-order chi connectivity index (χ0) is 20.5. The van der Waals surface area contributed by atoms with Crippen LogP contribution in [0.2, 0.25) is 0 Å². The molecule has 0 atom stereocenters. The molecule has 1 heterocycles. The van der Waals surface area contributed by atoms with Crippen molar-refractivity contribution in [2.24, 2.45) is 0 Å². The molecule has 7 nitrogen and oxygen atoms in total. The second-order valence-electron chi connectivity index (χ2n) is 7.37. The molecule has 1 aliphatic heterocycles. The largest absolute Gasteiger partial charge is 0.445 e. The first-order valence-corrected chi connectivity index (χ1v) is 10.6.